The molecule has 1 aromatic heterocycles. The number of aromatic amines is 1. The van der Waals surface area contributed by atoms with E-state index in [1.165, 1.54) is 16.3 Å². The molecule has 2 aromatic carbocycles. The lowest BCUT2D eigenvalue weighted by molar-refractivity contribution is 0.314. The number of nitrogens with zero attached hydrogens (tertiary/aromatic N) is 2. The molecule has 0 aliphatic rings. The Morgan fingerprint density at radius 2 is 2.00 bits per heavy atom. The van der Waals surface area contributed by atoms with E-state index in [0.717, 1.165) is 0 Å². The molecule has 3 aromatic rings. The first-order valence-corrected chi connectivity index (χ1v) is 6.62. The van der Waals surface area contributed by atoms with Crippen LogP contribution < -0.4 is 10.1 Å². The Morgan fingerprint density at radius 3 is 2.90 bits per heavy atom. The molecule has 5 heteroatoms. The first-order valence-electron chi connectivity index (χ1n) is 6.62. The Kier molecular flexibility index (Phi) is 3.50. The SMILES string of the molecule is CCOc1n[nH]c(NCc2cccc3ccccc23)n1. The highest BCUT2D eigenvalue weighted by Gasteiger charge is 2.04. The lowest BCUT2D eigenvalue weighted by Gasteiger charge is -2.06. The van der Waals surface area contributed by atoms with E-state index >= 15 is 0 Å². The van der Waals surface area contributed by atoms with Crippen molar-refractivity contribution in [3.05, 3.63) is 48.0 Å². The number of hydrogen-bond acceptors (Lipinski definition) is 4. The Hall–Kier alpha value is -2.56. The van der Waals surface area contributed by atoms with E-state index in [1.807, 2.05) is 19.1 Å². The summed E-state index contributed by atoms with van der Waals surface area (Å²) in [7, 11) is 0. The summed E-state index contributed by atoms with van der Waals surface area (Å²) in [6.45, 7) is 3.14. The average Bonchev–Trinajstić information content (AvgIpc) is 2.93. The van der Waals surface area contributed by atoms with Crippen molar-refractivity contribution in [2.24, 2.45) is 0 Å². The van der Waals surface area contributed by atoms with Gasteiger partial charge in [0.2, 0.25) is 5.95 Å². The van der Waals surface area contributed by atoms with Crippen LogP contribution in [0.25, 0.3) is 10.8 Å². The highest BCUT2D eigenvalue weighted by atomic mass is 16.5. The summed E-state index contributed by atoms with van der Waals surface area (Å²) in [6, 6.07) is 15.0. The van der Waals surface area contributed by atoms with Crippen molar-refractivity contribution in [3.63, 3.8) is 0 Å². The zero-order chi connectivity index (χ0) is 13.8. The quantitative estimate of drug-likeness (QED) is 0.746. The third kappa shape index (κ3) is 2.56. The van der Waals surface area contributed by atoms with Crippen LogP contribution in [-0.2, 0) is 6.54 Å². The van der Waals surface area contributed by atoms with E-state index in [1.54, 1.807) is 0 Å². The van der Waals surface area contributed by atoms with Crippen molar-refractivity contribution >= 4 is 16.7 Å². The van der Waals surface area contributed by atoms with E-state index < -0.39 is 0 Å². The van der Waals surface area contributed by atoms with Gasteiger partial charge in [-0.3, -0.25) is 0 Å². The highest BCUT2D eigenvalue weighted by molar-refractivity contribution is 5.85. The largest absolute Gasteiger partial charge is 0.463 e. The monoisotopic (exact) mass is 268 g/mol. The van der Waals surface area contributed by atoms with Crippen molar-refractivity contribution in [2.45, 2.75) is 13.5 Å². The Balaban J connectivity index is 1.76. The second-order valence-electron chi connectivity index (χ2n) is 4.39. The summed E-state index contributed by atoms with van der Waals surface area (Å²) >= 11 is 0. The molecule has 3 rings (SSSR count). The van der Waals surface area contributed by atoms with E-state index in [-0.39, 0.29) is 0 Å². The maximum absolute atomic E-state index is 5.22. The van der Waals surface area contributed by atoms with Gasteiger partial charge in [0.05, 0.1) is 6.61 Å². The molecular weight excluding hydrogens is 252 g/mol. The van der Waals surface area contributed by atoms with Crippen LogP contribution in [0, 0.1) is 0 Å². The van der Waals surface area contributed by atoms with Gasteiger partial charge in [-0.15, -0.1) is 5.10 Å². The molecule has 0 saturated carbocycles. The van der Waals surface area contributed by atoms with Gasteiger partial charge in [0.1, 0.15) is 0 Å². The molecule has 0 amide bonds. The molecule has 0 aliphatic heterocycles. The molecule has 0 bridgehead atoms. The van der Waals surface area contributed by atoms with E-state index in [0.29, 0.717) is 25.1 Å². The van der Waals surface area contributed by atoms with Crippen molar-refractivity contribution in [3.8, 4) is 6.01 Å². The predicted molar refractivity (Wildman–Crippen MR) is 78.8 cm³/mol. The topological polar surface area (TPSA) is 62.8 Å². The number of fused-ring (bicyclic) bond motifs is 1. The van der Waals surface area contributed by atoms with Gasteiger partial charge < -0.3 is 10.1 Å². The van der Waals surface area contributed by atoms with Crippen LogP contribution in [0.5, 0.6) is 6.01 Å². The van der Waals surface area contributed by atoms with Crippen molar-refractivity contribution in [1.82, 2.24) is 15.2 Å². The second kappa shape index (κ2) is 5.61. The number of rotatable bonds is 5. The number of H-pyrrole nitrogens is 1. The summed E-state index contributed by atoms with van der Waals surface area (Å²) in [5, 5.41) is 12.5. The Bertz CT molecular complexity index is 702. The third-order valence-electron chi connectivity index (χ3n) is 3.06. The number of benzene rings is 2. The molecule has 0 aliphatic carbocycles. The molecule has 102 valence electrons. The van der Waals surface area contributed by atoms with Crippen LogP contribution >= 0.6 is 0 Å². The summed E-state index contributed by atoms with van der Waals surface area (Å²) < 4.78 is 5.22. The van der Waals surface area contributed by atoms with Crippen molar-refractivity contribution < 1.29 is 4.74 Å². The smallest absolute Gasteiger partial charge is 0.337 e. The van der Waals surface area contributed by atoms with Crippen molar-refractivity contribution in [1.29, 1.82) is 0 Å². The van der Waals surface area contributed by atoms with Crippen LogP contribution in [0.4, 0.5) is 5.95 Å². The lowest BCUT2D eigenvalue weighted by atomic mass is 10.0. The maximum atomic E-state index is 5.22. The number of ether oxygens (including phenoxy) is 1. The molecule has 1 heterocycles. The van der Waals surface area contributed by atoms with Gasteiger partial charge >= 0.3 is 6.01 Å². The average molecular weight is 268 g/mol. The van der Waals surface area contributed by atoms with Gasteiger partial charge in [-0.1, -0.05) is 42.5 Å². The molecule has 0 unspecified atom stereocenters. The van der Waals surface area contributed by atoms with E-state index in [4.69, 9.17) is 4.74 Å². The number of aromatic nitrogens is 3. The van der Waals surface area contributed by atoms with Crippen LogP contribution in [-0.4, -0.2) is 21.8 Å². The summed E-state index contributed by atoms with van der Waals surface area (Å²) in [4.78, 5) is 4.20. The van der Waals surface area contributed by atoms with Gasteiger partial charge in [0.15, 0.2) is 0 Å². The van der Waals surface area contributed by atoms with Gasteiger partial charge in [-0.25, -0.2) is 5.10 Å². The molecule has 0 saturated heterocycles. The zero-order valence-corrected chi connectivity index (χ0v) is 11.3. The number of nitrogens with one attached hydrogen (secondary N) is 2. The lowest BCUT2D eigenvalue weighted by Crippen LogP contribution is -2.01. The summed E-state index contributed by atoms with van der Waals surface area (Å²) in [5.74, 6) is 0.612. The summed E-state index contributed by atoms with van der Waals surface area (Å²) in [5.41, 5.74) is 1.22. The maximum Gasteiger partial charge on any atom is 0.337 e. The van der Waals surface area contributed by atoms with Crippen LogP contribution in [0.15, 0.2) is 42.5 Å². The van der Waals surface area contributed by atoms with Gasteiger partial charge in [0, 0.05) is 6.54 Å². The molecule has 0 spiro atoms. The normalized spacial score (nSPS) is 10.7. The van der Waals surface area contributed by atoms with Crippen molar-refractivity contribution in [2.75, 3.05) is 11.9 Å². The first kappa shape index (κ1) is 12.5. The van der Waals surface area contributed by atoms with Gasteiger partial charge in [-0.2, -0.15) is 4.98 Å². The molecule has 0 radical (unpaired) electrons. The minimum atomic E-state index is 0.368. The van der Waals surface area contributed by atoms with E-state index in [2.05, 4.69) is 50.8 Å². The van der Waals surface area contributed by atoms with Crippen LogP contribution in [0.2, 0.25) is 0 Å². The predicted octanol–water partition coefficient (Wildman–Crippen LogP) is 2.97. The fourth-order valence-corrected chi connectivity index (χ4v) is 2.14. The Morgan fingerprint density at radius 1 is 1.15 bits per heavy atom. The Labute approximate surface area is 117 Å². The molecular formula is C15H16N4O. The van der Waals surface area contributed by atoms with E-state index in [9.17, 15) is 0 Å². The highest BCUT2D eigenvalue weighted by Crippen LogP contribution is 2.19. The zero-order valence-electron chi connectivity index (χ0n) is 11.3. The number of hydrogen-bond donors (Lipinski definition) is 2. The third-order valence-corrected chi connectivity index (χ3v) is 3.06. The molecule has 5 nitrogen and oxygen atoms in total. The second-order valence-corrected chi connectivity index (χ2v) is 4.39. The summed E-state index contributed by atoms with van der Waals surface area (Å²) in [6.07, 6.45) is 0. The minimum Gasteiger partial charge on any atom is -0.463 e. The molecule has 20 heavy (non-hydrogen) atoms. The molecule has 2 N–H and O–H groups in total. The van der Waals surface area contributed by atoms with Gasteiger partial charge in [-0.05, 0) is 23.3 Å². The fourth-order valence-electron chi connectivity index (χ4n) is 2.14. The minimum absolute atomic E-state index is 0.368. The van der Waals surface area contributed by atoms with Gasteiger partial charge in [0.25, 0.3) is 0 Å². The molecule has 0 fully saturated rings. The first-order chi connectivity index (χ1) is 9.86. The van der Waals surface area contributed by atoms with Crippen LogP contribution in [0.3, 0.4) is 0 Å². The number of anilines is 1. The standard InChI is InChI=1S/C15H16N4O/c1-2-20-15-17-14(18-19-15)16-10-12-8-5-7-11-6-3-4-9-13(11)12/h3-9H,2,10H2,1H3,(H2,16,17,18,19). The fraction of sp³-hybridized carbons (Fsp3) is 0.200. The van der Waals surface area contributed by atoms with Crippen LogP contribution in [0.1, 0.15) is 12.5 Å². The molecule has 0 atom stereocenters.